The van der Waals surface area contributed by atoms with Gasteiger partial charge in [0.2, 0.25) is 0 Å². The monoisotopic (exact) mass is 384 g/mol. The third kappa shape index (κ3) is 3.59. The second-order valence-corrected chi connectivity index (χ2v) is 7.13. The molecule has 146 valence electrons. The maximum absolute atomic E-state index is 6.60. The Balaban J connectivity index is 1.80. The highest BCUT2D eigenvalue weighted by Crippen LogP contribution is 2.34. The van der Waals surface area contributed by atoms with Crippen LogP contribution in [0, 0.1) is 0 Å². The molecule has 0 amide bonds. The van der Waals surface area contributed by atoms with Gasteiger partial charge in [-0.2, -0.15) is 0 Å². The minimum Gasteiger partial charge on any atom is -0.456 e. The molecule has 29 heavy (non-hydrogen) atoms. The standard InChI is InChI=1S/C24H24N4O/c1-15(2)27-23(16-9-5-4-6-10-16)28-24(26-3)18-13-14-20-21(22(18)25)17-11-7-8-12-19(17)29-20/h4-15H,25H2,1-3H3,(H,26,27,28). The molecule has 0 spiro atoms. The fraction of sp³-hybridized carbons (Fsp3) is 0.167. The average Bonchev–Trinajstić information content (AvgIpc) is 3.11. The molecule has 5 nitrogen and oxygen atoms in total. The zero-order valence-corrected chi connectivity index (χ0v) is 16.8. The molecule has 1 aromatic heterocycles. The Morgan fingerprint density at radius 2 is 1.62 bits per heavy atom. The first-order chi connectivity index (χ1) is 14.1. The van der Waals surface area contributed by atoms with E-state index in [4.69, 9.17) is 15.1 Å². The number of anilines is 1. The van der Waals surface area contributed by atoms with Gasteiger partial charge in [-0.15, -0.1) is 0 Å². The van der Waals surface area contributed by atoms with Crippen molar-refractivity contribution in [3.63, 3.8) is 0 Å². The first kappa shape index (κ1) is 18.7. The summed E-state index contributed by atoms with van der Waals surface area (Å²) >= 11 is 0. The van der Waals surface area contributed by atoms with Crippen LogP contribution in [0.4, 0.5) is 5.69 Å². The third-order valence-corrected chi connectivity index (χ3v) is 4.73. The molecule has 0 atom stereocenters. The molecular formula is C24H24N4O. The number of nitrogens with zero attached hydrogens (tertiary/aromatic N) is 2. The normalized spacial score (nSPS) is 12.8. The molecule has 0 fully saturated rings. The molecule has 4 aromatic rings. The number of nitrogens with one attached hydrogen (secondary N) is 1. The van der Waals surface area contributed by atoms with Gasteiger partial charge in [-0.05, 0) is 32.0 Å². The summed E-state index contributed by atoms with van der Waals surface area (Å²) in [7, 11) is 1.75. The number of rotatable bonds is 3. The minimum atomic E-state index is 0.133. The van der Waals surface area contributed by atoms with Crippen molar-refractivity contribution in [2.24, 2.45) is 9.98 Å². The number of nitrogen functional groups attached to an aromatic ring is 1. The number of aliphatic imine (C=N–C) groups is 2. The van der Waals surface area contributed by atoms with Crippen LogP contribution in [0.5, 0.6) is 0 Å². The Morgan fingerprint density at radius 3 is 2.34 bits per heavy atom. The van der Waals surface area contributed by atoms with Crippen LogP contribution >= 0.6 is 0 Å². The van der Waals surface area contributed by atoms with E-state index in [1.807, 2.05) is 80.6 Å². The van der Waals surface area contributed by atoms with Crippen molar-refractivity contribution in [3.8, 4) is 0 Å². The predicted molar refractivity (Wildman–Crippen MR) is 122 cm³/mol. The van der Waals surface area contributed by atoms with Gasteiger partial charge in [0.15, 0.2) is 0 Å². The van der Waals surface area contributed by atoms with Gasteiger partial charge in [0, 0.05) is 29.6 Å². The maximum Gasteiger partial charge on any atom is 0.137 e. The van der Waals surface area contributed by atoms with E-state index in [1.54, 1.807) is 7.05 Å². The van der Waals surface area contributed by atoms with Gasteiger partial charge in [-0.1, -0.05) is 48.5 Å². The molecule has 3 N–H and O–H groups in total. The van der Waals surface area contributed by atoms with Crippen LogP contribution in [-0.4, -0.2) is 24.8 Å². The topological polar surface area (TPSA) is 75.9 Å². The van der Waals surface area contributed by atoms with Crippen LogP contribution in [0.2, 0.25) is 0 Å². The summed E-state index contributed by atoms with van der Waals surface area (Å²) < 4.78 is 5.94. The quantitative estimate of drug-likeness (QED) is 0.297. The lowest BCUT2D eigenvalue weighted by Gasteiger charge is -2.15. The number of nitrogens with two attached hydrogens (primary N) is 1. The highest BCUT2D eigenvalue weighted by molar-refractivity contribution is 6.21. The number of furan rings is 1. The number of fused-ring (bicyclic) bond motifs is 3. The van der Waals surface area contributed by atoms with Crippen molar-refractivity contribution < 1.29 is 4.42 Å². The molecule has 0 bridgehead atoms. The first-order valence-electron chi connectivity index (χ1n) is 9.65. The van der Waals surface area contributed by atoms with Crippen LogP contribution < -0.4 is 11.1 Å². The Bertz CT molecular complexity index is 1220. The van der Waals surface area contributed by atoms with Gasteiger partial charge < -0.3 is 15.5 Å². The van der Waals surface area contributed by atoms with Crippen molar-refractivity contribution in [3.05, 3.63) is 77.9 Å². The molecule has 0 aliphatic heterocycles. The van der Waals surface area contributed by atoms with E-state index in [9.17, 15) is 0 Å². The van der Waals surface area contributed by atoms with E-state index in [2.05, 4.69) is 10.3 Å². The van der Waals surface area contributed by atoms with E-state index >= 15 is 0 Å². The molecule has 1 heterocycles. The number of amidine groups is 2. The van der Waals surface area contributed by atoms with Crippen LogP contribution in [0.25, 0.3) is 21.9 Å². The van der Waals surface area contributed by atoms with Gasteiger partial charge in [0.05, 0.1) is 11.1 Å². The molecule has 0 unspecified atom stereocenters. The predicted octanol–water partition coefficient (Wildman–Crippen LogP) is 4.99. The Morgan fingerprint density at radius 1 is 0.897 bits per heavy atom. The molecule has 4 rings (SSSR count). The summed E-state index contributed by atoms with van der Waals surface area (Å²) in [6, 6.07) is 21.9. The van der Waals surface area contributed by atoms with Crippen LogP contribution in [-0.2, 0) is 0 Å². The van der Waals surface area contributed by atoms with Gasteiger partial charge in [-0.3, -0.25) is 9.98 Å². The average molecular weight is 384 g/mol. The van der Waals surface area contributed by atoms with Crippen LogP contribution in [0.3, 0.4) is 0 Å². The van der Waals surface area contributed by atoms with Gasteiger partial charge in [-0.25, -0.2) is 0 Å². The molecule has 0 saturated heterocycles. The Hall–Kier alpha value is -3.60. The highest BCUT2D eigenvalue weighted by Gasteiger charge is 2.17. The largest absolute Gasteiger partial charge is 0.456 e. The molecule has 0 aliphatic rings. The Labute approximate surface area is 170 Å². The number of para-hydroxylation sites is 1. The van der Waals surface area contributed by atoms with E-state index < -0.39 is 0 Å². The molecule has 5 heteroatoms. The number of hydrogen-bond acceptors (Lipinski definition) is 4. The number of benzene rings is 3. The molecule has 0 saturated carbocycles. The van der Waals surface area contributed by atoms with Crippen LogP contribution in [0.15, 0.2) is 81.1 Å². The fourth-order valence-corrected chi connectivity index (χ4v) is 3.44. The first-order valence-corrected chi connectivity index (χ1v) is 9.65. The van der Waals surface area contributed by atoms with Crippen molar-refractivity contribution in [1.82, 2.24) is 5.32 Å². The van der Waals surface area contributed by atoms with Gasteiger partial charge in [0.25, 0.3) is 0 Å². The van der Waals surface area contributed by atoms with Crippen LogP contribution in [0.1, 0.15) is 25.0 Å². The molecule has 0 radical (unpaired) electrons. The summed E-state index contributed by atoms with van der Waals surface area (Å²) in [4.78, 5) is 9.23. The lowest BCUT2D eigenvalue weighted by molar-refractivity contribution is 0.669. The van der Waals surface area contributed by atoms with E-state index in [1.165, 1.54) is 0 Å². The van der Waals surface area contributed by atoms with Crippen molar-refractivity contribution in [1.29, 1.82) is 0 Å². The second-order valence-electron chi connectivity index (χ2n) is 7.13. The number of hydrogen-bond donors (Lipinski definition) is 2. The molecule has 3 aromatic carbocycles. The van der Waals surface area contributed by atoms with Crippen molar-refractivity contribution in [2.75, 3.05) is 12.8 Å². The van der Waals surface area contributed by atoms with Gasteiger partial charge >= 0.3 is 0 Å². The van der Waals surface area contributed by atoms with Crippen molar-refractivity contribution >= 4 is 39.3 Å². The highest BCUT2D eigenvalue weighted by atomic mass is 16.3. The molecule has 0 aliphatic carbocycles. The summed E-state index contributed by atoms with van der Waals surface area (Å²) in [5, 5.41) is 5.31. The summed E-state index contributed by atoms with van der Waals surface area (Å²) in [5.74, 6) is 1.43. The second kappa shape index (κ2) is 7.80. The molecular weight excluding hydrogens is 360 g/mol. The van der Waals surface area contributed by atoms with E-state index in [0.717, 1.165) is 38.9 Å². The lowest BCUT2D eigenvalue weighted by atomic mass is 10.0. The van der Waals surface area contributed by atoms with E-state index in [-0.39, 0.29) is 6.04 Å². The maximum atomic E-state index is 6.60. The SMILES string of the molecule is CN=C(NC(=NC(C)C)c1ccccc1)c1ccc2oc3ccccc3c2c1N. The summed E-state index contributed by atoms with van der Waals surface area (Å²) in [5.41, 5.74) is 10.6. The minimum absolute atomic E-state index is 0.133. The zero-order valence-electron chi connectivity index (χ0n) is 16.8. The zero-order chi connectivity index (χ0) is 20.4. The summed E-state index contributed by atoms with van der Waals surface area (Å²) in [6.07, 6.45) is 0. The fourth-order valence-electron chi connectivity index (χ4n) is 3.44. The van der Waals surface area contributed by atoms with Crippen molar-refractivity contribution in [2.45, 2.75) is 19.9 Å². The summed E-state index contributed by atoms with van der Waals surface area (Å²) in [6.45, 7) is 4.09. The third-order valence-electron chi connectivity index (χ3n) is 4.73. The Kier molecular flexibility index (Phi) is 5.04. The van der Waals surface area contributed by atoms with E-state index in [0.29, 0.717) is 11.5 Å². The smallest absolute Gasteiger partial charge is 0.137 e. The van der Waals surface area contributed by atoms with Gasteiger partial charge in [0.1, 0.15) is 22.8 Å². The lowest BCUT2D eigenvalue weighted by Crippen LogP contribution is -2.33.